The fraction of sp³-hybridized carbons (Fsp3) is 0.824. The van der Waals surface area contributed by atoms with Crippen LogP contribution in [0.5, 0.6) is 0 Å². The molecule has 0 aliphatic heterocycles. The predicted octanol–water partition coefficient (Wildman–Crippen LogP) is 4.49. The van der Waals surface area contributed by atoms with E-state index in [9.17, 15) is 4.79 Å². The van der Waals surface area contributed by atoms with Crippen molar-refractivity contribution in [1.29, 1.82) is 0 Å². The first-order valence-electron chi connectivity index (χ1n) is 7.61. The summed E-state index contributed by atoms with van der Waals surface area (Å²) in [6, 6.07) is 0. The van der Waals surface area contributed by atoms with Crippen LogP contribution < -0.4 is 0 Å². The summed E-state index contributed by atoms with van der Waals surface area (Å²) in [6.07, 6.45) is 8.25. The average molecular weight is 264 g/mol. The van der Waals surface area contributed by atoms with E-state index in [1.807, 2.05) is 0 Å². The lowest BCUT2D eigenvalue weighted by Crippen LogP contribution is -2.54. The molecular formula is C17H28O2. The zero-order valence-electron chi connectivity index (χ0n) is 13.1. The van der Waals surface area contributed by atoms with Crippen molar-refractivity contribution in [3.8, 4) is 0 Å². The molecule has 2 nitrogen and oxygen atoms in total. The van der Waals surface area contributed by atoms with E-state index in [1.54, 1.807) is 6.92 Å². The number of carbonyl (C=O) groups is 1. The Hall–Kier alpha value is -0.790. The molecule has 2 rings (SSSR count). The third kappa shape index (κ3) is 2.59. The van der Waals surface area contributed by atoms with E-state index in [0.29, 0.717) is 5.92 Å². The van der Waals surface area contributed by atoms with Gasteiger partial charge >= 0.3 is 5.97 Å². The van der Waals surface area contributed by atoms with Gasteiger partial charge in [-0.25, -0.2) is 0 Å². The van der Waals surface area contributed by atoms with Crippen molar-refractivity contribution in [3.63, 3.8) is 0 Å². The number of hydrogen-bond acceptors (Lipinski definition) is 2. The van der Waals surface area contributed by atoms with E-state index in [-0.39, 0.29) is 22.9 Å². The van der Waals surface area contributed by atoms with Crippen LogP contribution in [-0.2, 0) is 9.53 Å². The van der Waals surface area contributed by atoms with Crippen molar-refractivity contribution in [2.75, 3.05) is 0 Å². The molecule has 3 atom stereocenters. The maximum atomic E-state index is 11.6. The normalized spacial score (nSPS) is 37.8. The molecule has 2 aliphatic rings. The molecule has 0 saturated heterocycles. The fourth-order valence-electron chi connectivity index (χ4n) is 4.41. The molecule has 0 aromatic heterocycles. The number of carbonyl (C=O) groups excluding carboxylic acids is 1. The Morgan fingerprint density at radius 3 is 2.63 bits per heavy atom. The zero-order chi connectivity index (χ0) is 14.3. The van der Waals surface area contributed by atoms with E-state index >= 15 is 0 Å². The number of esters is 1. The van der Waals surface area contributed by atoms with Crippen LogP contribution in [0, 0.1) is 16.7 Å². The molecule has 2 aliphatic carbocycles. The molecule has 1 unspecified atom stereocenters. The van der Waals surface area contributed by atoms with Gasteiger partial charge in [-0.2, -0.15) is 0 Å². The minimum Gasteiger partial charge on any atom is -0.461 e. The Bertz CT molecular complexity index is 394. The molecule has 1 spiro atoms. The highest BCUT2D eigenvalue weighted by Gasteiger charge is 2.54. The van der Waals surface area contributed by atoms with Crippen LogP contribution in [0.15, 0.2) is 11.6 Å². The smallest absolute Gasteiger partial charge is 0.302 e. The van der Waals surface area contributed by atoms with Gasteiger partial charge in [0.25, 0.3) is 0 Å². The van der Waals surface area contributed by atoms with Gasteiger partial charge < -0.3 is 4.74 Å². The summed E-state index contributed by atoms with van der Waals surface area (Å²) >= 11 is 0. The minimum absolute atomic E-state index is 0.0607. The van der Waals surface area contributed by atoms with Crippen molar-refractivity contribution in [2.24, 2.45) is 16.7 Å². The summed E-state index contributed by atoms with van der Waals surface area (Å²) in [5.74, 6) is 0.472. The van der Waals surface area contributed by atoms with Gasteiger partial charge in [-0.05, 0) is 38.5 Å². The van der Waals surface area contributed by atoms with Crippen LogP contribution in [0.25, 0.3) is 0 Å². The summed E-state index contributed by atoms with van der Waals surface area (Å²) in [7, 11) is 0. The van der Waals surface area contributed by atoms with Gasteiger partial charge in [0.05, 0.1) is 0 Å². The van der Waals surface area contributed by atoms with Crippen LogP contribution in [-0.4, -0.2) is 12.1 Å². The van der Waals surface area contributed by atoms with Crippen LogP contribution in [0.1, 0.15) is 66.7 Å². The quantitative estimate of drug-likeness (QED) is 0.515. The minimum atomic E-state index is -0.127. The first kappa shape index (κ1) is 14.6. The van der Waals surface area contributed by atoms with Crippen molar-refractivity contribution in [2.45, 2.75) is 72.8 Å². The predicted molar refractivity (Wildman–Crippen MR) is 77.8 cm³/mol. The average Bonchev–Trinajstić information content (AvgIpc) is 2.28. The molecule has 19 heavy (non-hydrogen) atoms. The molecule has 0 bridgehead atoms. The summed E-state index contributed by atoms with van der Waals surface area (Å²) in [6.45, 7) is 10.6. The van der Waals surface area contributed by atoms with E-state index < -0.39 is 0 Å². The lowest BCUT2D eigenvalue weighted by Gasteiger charge is -2.55. The lowest BCUT2D eigenvalue weighted by molar-refractivity contribution is -0.180. The summed E-state index contributed by atoms with van der Waals surface area (Å²) in [4.78, 5) is 11.6. The van der Waals surface area contributed by atoms with Gasteiger partial charge in [0.2, 0.25) is 0 Å². The third-order valence-corrected chi connectivity index (χ3v) is 5.42. The Labute approximate surface area is 117 Å². The van der Waals surface area contributed by atoms with Gasteiger partial charge in [-0.3, -0.25) is 4.79 Å². The largest absolute Gasteiger partial charge is 0.461 e. The molecule has 2 heteroatoms. The Balaban J connectivity index is 2.37. The highest BCUT2D eigenvalue weighted by atomic mass is 16.5. The second-order valence-corrected chi connectivity index (χ2v) is 7.42. The summed E-state index contributed by atoms with van der Waals surface area (Å²) in [5, 5.41) is 0. The van der Waals surface area contributed by atoms with E-state index in [1.165, 1.54) is 18.4 Å². The molecule has 0 aromatic carbocycles. The van der Waals surface area contributed by atoms with Crippen LogP contribution in [0.4, 0.5) is 0 Å². The summed E-state index contributed by atoms with van der Waals surface area (Å²) in [5.41, 5.74) is 1.74. The molecule has 0 amide bonds. The van der Waals surface area contributed by atoms with Crippen molar-refractivity contribution in [1.82, 2.24) is 0 Å². The van der Waals surface area contributed by atoms with Crippen molar-refractivity contribution in [3.05, 3.63) is 11.6 Å². The second-order valence-electron chi connectivity index (χ2n) is 7.42. The van der Waals surface area contributed by atoms with E-state index in [4.69, 9.17) is 4.74 Å². The standard InChI is InChI=1S/C17H28O2/c1-12-7-10-17(13(2)11-12)9-6-8-16(4,5)15(17)19-14(3)18/h7,13,15H,6,8-11H2,1-5H3/t13-,15?,17-/m0/s1. The number of rotatable bonds is 1. The van der Waals surface area contributed by atoms with Crippen molar-refractivity contribution < 1.29 is 9.53 Å². The summed E-state index contributed by atoms with van der Waals surface area (Å²) < 4.78 is 5.84. The van der Waals surface area contributed by atoms with Gasteiger partial charge in [-0.1, -0.05) is 38.8 Å². The highest BCUT2D eigenvalue weighted by molar-refractivity contribution is 5.66. The zero-order valence-corrected chi connectivity index (χ0v) is 13.1. The molecule has 0 aromatic rings. The molecule has 0 N–H and O–H groups in total. The Kier molecular flexibility index (Phi) is 3.81. The van der Waals surface area contributed by atoms with Gasteiger partial charge in [-0.15, -0.1) is 0 Å². The molecule has 1 saturated carbocycles. The maximum absolute atomic E-state index is 11.6. The van der Waals surface area contributed by atoms with Gasteiger partial charge in [0, 0.05) is 17.8 Å². The first-order chi connectivity index (χ1) is 8.78. The van der Waals surface area contributed by atoms with Gasteiger partial charge in [0.15, 0.2) is 0 Å². The van der Waals surface area contributed by atoms with E-state index in [2.05, 4.69) is 33.8 Å². The number of ether oxygens (including phenoxy) is 1. The monoisotopic (exact) mass is 264 g/mol. The fourth-order valence-corrected chi connectivity index (χ4v) is 4.41. The molecule has 0 heterocycles. The van der Waals surface area contributed by atoms with Crippen LogP contribution in [0.2, 0.25) is 0 Å². The second kappa shape index (κ2) is 4.96. The Morgan fingerprint density at radius 2 is 2.05 bits per heavy atom. The van der Waals surface area contributed by atoms with Crippen LogP contribution >= 0.6 is 0 Å². The van der Waals surface area contributed by atoms with Crippen molar-refractivity contribution >= 4 is 5.97 Å². The number of hydrogen-bond donors (Lipinski definition) is 0. The molecule has 1 fully saturated rings. The third-order valence-electron chi connectivity index (χ3n) is 5.42. The lowest BCUT2D eigenvalue weighted by atomic mass is 9.53. The SMILES string of the molecule is CC(=O)OC1C(C)(C)CCC[C@@]12CC=C(C)C[C@@H]2C. The molecule has 0 radical (unpaired) electrons. The maximum Gasteiger partial charge on any atom is 0.302 e. The Morgan fingerprint density at radius 1 is 1.37 bits per heavy atom. The number of allylic oxidation sites excluding steroid dienone is 2. The van der Waals surface area contributed by atoms with Crippen LogP contribution in [0.3, 0.4) is 0 Å². The molecular weight excluding hydrogens is 236 g/mol. The highest BCUT2D eigenvalue weighted by Crippen LogP contribution is 2.56. The van der Waals surface area contributed by atoms with E-state index in [0.717, 1.165) is 19.3 Å². The van der Waals surface area contributed by atoms with Gasteiger partial charge in [0.1, 0.15) is 6.10 Å². The molecule has 108 valence electrons. The first-order valence-corrected chi connectivity index (χ1v) is 7.61. The topological polar surface area (TPSA) is 26.3 Å².